The maximum atomic E-state index is 13.7. The molecule has 1 N–H and O–H groups in total. The average molecular weight is 689 g/mol. The van der Waals surface area contributed by atoms with Crippen LogP contribution < -0.4 is 10.9 Å². The van der Waals surface area contributed by atoms with Crippen LogP contribution in [-0.4, -0.2) is 40.9 Å². The molecule has 4 heterocycles. The minimum absolute atomic E-state index is 0.0941. The lowest BCUT2D eigenvalue weighted by molar-refractivity contribution is -0.141. The van der Waals surface area contributed by atoms with Gasteiger partial charge in [0.25, 0.3) is 21.5 Å². The van der Waals surface area contributed by atoms with Crippen molar-refractivity contribution in [2.45, 2.75) is 23.9 Å². The Bertz CT molecular complexity index is 2330. The summed E-state index contributed by atoms with van der Waals surface area (Å²) in [6.07, 6.45) is 4.15. The smallest absolute Gasteiger partial charge is 0.307 e. The van der Waals surface area contributed by atoms with Gasteiger partial charge in [0.2, 0.25) is 0 Å². The number of nitrogens with zero attached hydrogens (tertiary/aromatic N) is 3. The summed E-state index contributed by atoms with van der Waals surface area (Å²) in [4.78, 5) is 44.7. The van der Waals surface area contributed by atoms with Gasteiger partial charge in [-0.2, -0.15) is 0 Å². The van der Waals surface area contributed by atoms with E-state index in [2.05, 4.69) is 10.3 Å². The second kappa shape index (κ2) is 13.3. The number of ether oxygens (including phenoxy) is 1. The number of amides is 1. The number of carbonyl (C=O) groups is 2. The van der Waals surface area contributed by atoms with E-state index in [1.807, 2.05) is 0 Å². The summed E-state index contributed by atoms with van der Waals surface area (Å²) in [5.74, 6) is -3.46. The molecule has 0 saturated carbocycles. The van der Waals surface area contributed by atoms with Crippen molar-refractivity contribution >= 4 is 44.3 Å². The minimum Gasteiger partial charge on any atom is -0.469 e. The van der Waals surface area contributed by atoms with Gasteiger partial charge >= 0.3 is 5.97 Å². The van der Waals surface area contributed by atoms with E-state index in [1.165, 1.54) is 71.9 Å². The van der Waals surface area contributed by atoms with Crippen molar-refractivity contribution in [3.63, 3.8) is 0 Å². The molecule has 1 amide bonds. The van der Waals surface area contributed by atoms with Crippen LogP contribution in [0.25, 0.3) is 21.5 Å². The lowest BCUT2D eigenvalue weighted by Crippen LogP contribution is -2.35. The van der Waals surface area contributed by atoms with Gasteiger partial charge in [-0.3, -0.25) is 14.4 Å². The van der Waals surface area contributed by atoms with Crippen LogP contribution in [0.1, 0.15) is 33.3 Å². The van der Waals surface area contributed by atoms with E-state index in [1.54, 1.807) is 42.5 Å². The molecule has 0 aliphatic heterocycles. The second-order valence-corrected chi connectivity index (χ2v) is 13.6. The molecule has 0 radical (unpaired) electrons. The summed E-state index contributed by atoms with van der Waals surface area (Å²) in [6.45, 7) is -0.112. The first-order valence-corrected chi connectivity index (χ1v) is 16.7. The fourth-order valence-corrected chi connectivity index (χ4v) is 7.61. The summed E-state index contributed by atoms with van der Waals surface area (Å²) in [7, 11) is -2.77. The van der Waals surface area contributed by atoms with Gasteiger partial charge in [0.05, 0.1) is 31.0 Å². The maximum absolute atomic E-state index is 13.7. The third-order valence-corrected chi connectivity index (χ3v) is 10.5. The summed E-state index contributed by atoms with van der Waals surface area (Å²) in [6, 6.07) is 20.0. The third kappa shape index (κ3) is 6.39. The zero-order valence-electron chi connectivity index (χ0n) is 25.2. The molecule has 6 rings (SSSR count). The fraction of sp³-hybridized carbons (Fsp3) is 0.118. The molecule has 0 spiro atoms. The molecule has 0 aliphatic carbocycles. The lowest BCUT2D eigenvalue weighted by Gasteiger charge is -2.17. The highest BCUT2D eigenvalue weighted by molar-refractivity contribution is 7.90. The number of pyridine rings is 2. The van der Waals surface area contributed by atoms with Crippen molar-refractivity contribution in [1.82, 2.24) is 18.8 Å². The molecule has 244 valence electrons. The Balaban J connectivity index is 1.32. The number of aromatic nitrogens is 3. The number of benzene rings is 2. The van der Waals surface area contributed by atoms with Crippen LogP contribution in [0.2, 0.25) is 0 Å². The minimum atomic E-state index is -3.99. The van der Waals surface area contributed by atoms with Gasteiger partial charge in [0, 0.05) is 39.3 Å². The highest BCUT2D eigenvalue weighted by Gasteiger charge is 2.26. The van der Waals surface area contributed by atoms with Crippen molar-refractivity contribution in [3.8, 4) is 10.4 Å². The number of hydrogen-bond donors (Lipinski definition) is 1. The summed E-state index contributed by atoms with van der Waals surface area (Å²) < 4.78 is 61.4. The van der Waals surface area contributed by atoms with Gasteiger partial charge in [-0.15, -0.1) is 11.3 Å². The standard InChI is InChI=1S/C34H26F2N4O6S2/c1-46-31(41)18-28(38-33(42)24-10-6-16-39(34(24)43)19-21-11-12-26(35)27(36)17-21)30-14-13-29(47-30)25-20-40(32-23(25)9-5-15-37-32)48(44,45)22-7-3-2-4-8-22/h2-17,20,28H,18-19H2,1H3,(H,38,42)/t28-/m1/s1. The Morgan fingerprint density at radius 3 is 2.52 bits per heavy atom. The normalized spacial score (nSPS) is 12.1. The zero-order chi connectivity index (χ0) is 34.0. The van der Waals surface area contributed by atoms with Crippen LogP contribution in [0, 0.1) is 11.6 Å². The van der Waals surface area contributed by atoms with Crippen molar-refractivity contribution < 1.29 is 31.5 Å². The number of carbonyl (C=O) groups excluding carboxylic acids is 2. The van der Waals surface area contributed by atoms with E-state index in [0.717, 1.165) is 16.1 Å². The van der Waals surface area contributed by atoms with E-state index in [0.29, 0.717) is 26.3 Å². The predicted octanol–water partition coefficient (Wildman–Crippen LogP) is 5.52. The molecular weight excluding hydrogens is 663 g/mol. The molecule has 2 aromatic carbocycles. The number of hydrogen-bond acceptors (Lipinski definition) is 8. The van der Waals surface area contributed by atoms with E-state index in [4.69, 9.17) is 4.74 Å². The predicted molar refractivity (Wildman–Crippen MR) is 175 cm³/mol. The molecule has 1 atom stereocenters. The lowest BCUT2D eigenvalue weighted by atomic mass is 10.1. The summed E-state index contributed by atoms with van der Waals surface area (Å²) in [5.41, 5.74) is 0.210. The first-order valence-electron chi connectivity index (χ1n) is 14.4. The first-order chi connectivity index (χ1) is 23.1. The molecule has 0 aliphatic rings. The van der Waals surface area contributed by atoms with Crippen LogP contribution in [0.3, 0.4) is 0 Å². The fourth-order valence-electron chi connectivity index (χ4n) is 5.18. The number of esters is 1. The van der Waals surface area contributed by atoms with Gasteiger partial charge in [0.1, 0.15) is 5.56 Å². The Morgan fingerprint density at radius 1 is 0.979 bits per heavy atom. The molecule has 0 bridgehead atoms. The van der Waals surface area contributed by atoms with Crippen LogP contribution in [-0.2, 0) is 26.1 Å². The van der Waals surface area contributed by atoms with Crippen LogP contribution in [0.4, 0.5) is 8.78 Å². The van der Waals surface area contributed by atoms with Gasteiger partial charge in [0.15, 0.2) is 17.3 Å². The van der Waals surface area contributed by atoms with Gasteiger partial charge in [-0.25, -0.2) is 26.2 Å². The quantitative estimate of drug-likeness (QED) is 0.188. The Kier molecular flexibility index (Phi) is 9.02. The molecular formula is C34H26F2N4O6S2. The molecule has 4 aromatic heterocycles. The largest absolute Gasteiger partial charge is 0.469 e. The zero-order valence-corrected chi connectivity index (χ0v) is 26.8. The van der Waals surface area contributed by atoms with E-state index >= 15 is 0 Å². The van der Waals surface area contributed by atoms with Gasteiger partial charge < -0.3 is 14.6 Å². The summed E-state index contributed by atoms with van der Waals surface area (Å²) >= 11 is 1.22. The molecule has 48 heavy (non-hydrogen) atoms. The monoisotopic (exact) mass is 688 g/mol. The van der Waals surface area contributed by atoms with E-state index in [9.17, 15) is 31.6 Å². The van der Waals surface area contributed by atoms with Crippen molar-refractivity contribution in [2.75, 3.05) is 7.11 Å². The number of methoxy groups -OCH3 is 1. The Labute approximate surface area is 276 Å². The van der Waals surface area contributed by atoms with Gasteiger partial charge in [-0.1, -0.05) is 24.3 Å². The molecule has 10 nitrogen and oxygen atoms in total. The third-order valence-electron chi connectivity index (χ3n) is 7.57. The molecule has 6 aromatic rings. The number of fused-ring (bicyclic) bond motifs is 1. The Hall–Kier alpha value is -5.47. The average Bonchev–Trinajstić information content (AvgIpc) is 3.73. The number of thiophene rings is 1. The van der Waals surface area contributed by atoms with Gasteiger partial charge in [-0.05, 0) is 66.2 Å². The Morgan fingerprint density at radius 2 is 1.77 bits per heavy atom. The first kappa shape index (κ1) is 32.5. The van der Waals surface area contributed by atoms with Crippen LogP contribution in [0.5, 0.6) is 0 Å². The number of halogens is 2. The molecule has 0 fully saturated rings. The van der Waals surface area contributed by atoms with E-state index in [-0.39, 0.29) is 29.1 Å². The number of nitrogens with one attached hydrogen (secondary N) is 1. The number of rotatable bonds is 10. The maximum Gasteiger partial charge on any atom is 0.307 e. The topological polar surface area (TPSA) is 129 Å². The van der Waals surface area contributed by atoms with Crippen LogP contribution >= 0.6 is 11.3 Å². The highest BCUT2D eigenvalue weighted by atomic mass is 32.2. The molecule has 0 saturated heterocycles. The van der Waals surface area contributed by atoms with E-state index < -0.39 is 45.1 Å². The van der Waals surface area contributed by atoms with Crippen molar-refractivity contribution in [1.29, 1.82) is 0 Å². The second-order valence-electron chi connectivity index (χ2n) is 10.6. The van der Waals surface area contributed by atoms with Crippen molar-refractivity contribution in [2.24, 2.45) is 0 Å². The van der Waals surface area contributed by atoms with Crippen LogP contribution in [0.15, 0.2) is 113 Å². The molecule has 14 heteroatoms. The molecule has 0 unspecified atom stereocenters. The SMILES string of the molecule is COC(=O)C[C@@H](NC(=O)c1cccn(Cc2ccc(F)c(F)c2)c1=O)c1ccc(-c2cn(S(=O)(=O)c3ccccc3)c3ncccc23)s1. The van der Waals surface area contributed by atoms with Crippen molar-refractivity contribution in [3.05, 3.63) is 142 Å². The summed E-state index contributed by atoms with van der Waals surface area (Å²) in [5, 5.41) is 3.32. The highest BCUT2D eigenvalue weighted by Crippen LogP contribution is 2.38.